The van der Waals surface area contributed by atoms with Gasteiger partial charge in [0, 0.05) is 6.42 Å². The molecule has 0 saturated carbocycles. The van der Waals surface area contributed by atoms with Crippen LogP contribution in [0.25, 0.3) is 0 Å². The summed E-state index contributed by atoms with van der Waals surface area (Å²) in [5.74, 6) is 0. The first-order valence-electron chi connectivity index (χ1n) is 15.9. The molecule has 3 heteroatoms. The van der Waals surface area contributed by atoms with E-state index >= 15 is 0 Å². The Bertz CT molecular complexity index is 359. The Morgan fingerprint density at radius 1 is 0.400 bits per heavy atom. The zero-order valence-electron chi connectivity index (χ0n) is 24.2. The van der Waals surface area contributed by atoms with Crippen molar-refractivity contribution in [3.05, 3.63) is 0 Å². The molecule has 0 aromatic rings. The summed E-state index contributed by atoms with van der Waals surface area (Å²) in [6.45, 7) is 4.66. The molecule has 0 aromatic carbocycles. The average molecular weight is 516 g/mol. The van der Waals surface area contributed by atoms with E-state index in [1.54, 1.807) is 0 Å². The van der Waals surface area contributed by atoms with Crippen molar-refractivity contribution < 1.29 is 9.90 Å². The van der Waals surface area contributed by atoms with E-state index in [0.717, 1.165) is 25.7 Å². The van der Waals surface area contributed by atoms with Gasteiger partial charge in [-0.05, 0) is 24.4 Å². The lowest BCUT2D eigenvalue weighted by atomic mass is 10.0. The fourth-order valence-corrected chi connectivity index (χ4v) is 4.71. The maximum atomic E-state index is 10.5. The number of hydrogen-bond acceptors (Lipinski definition) is 1. The summed E-state index contributed by atoms with van der Waals surface area (Å²) >= 11 is 5.28. The van der Waals surface area contributed by atoms with E-state index in [4.69, 9.17) is 11.6 Å². The molecule has 35 heavy (non-hydrogen) atoms. The van der Waals surface area contributed by atoms with Crippen molar-refractivity contribution in [3.8, 4) is 0 Å². The number of carbonyl (C=O) groups excluding carboxylic acids is 1. The van der Waals surface area contributed by atoms with Gasteiger partial charge in [0.15, 0.2) is 0 Å². The van der Waals surface area contributed by atoms with Crippen LogP contribution in [0.5, 0.6) is 0 Å². The highest BCUT2D eigenvalue weighted by molar-refractivity contribution is 6.63. The third-order valence-corrected chi connectivity index (χ3v) is 7.16. The SMILES string of the molecule is CCCCCCCCCCCCCCCC(=O)Cl.CCCCCCCCCCCCCCCC[O]. The number of halogens is 1. The minimum absolute atomic E-state index is 0.123. The molecule has 0 bridgehead atoms. The molecule has 211 valence electrons. The summed E-state index contributed by atoms with van der Waals surface area (Å²) in [6, 6.07) is 0. The molecule has 0 amide bonds. The highest BCUT2D eigenvalue weighted by Gasteiger charge is 1.97. The van der Waals surface area contributed by atoms with Gasteiger partial charge in [-0.15, -0.1) is 0 Å². The number of hydrogen-bond donors (Lipinski definition) is 0. The Balaban J connectivity index is 0. The molecule has 0 spiro atoms. The summed E-state index contributed by atoms with van der Waals surface area (Å²) in [4.78, 5) is 10.5. The van der Waals surface area contributed by atoms with Crippen molar-refractivity contribution in [2.45, 2.75) is 194 Å². The van der Waals surface area contributed by atoms with Gasteiger partial charge in [0.1, 0.15) is 0 Å². The smallest absolute Gasteiger partial charge is 0.221 e. The highest BCUT2D eigenvalue weighted by Crippen LogP contribution is 2.14. The average Bonchev–Trinajstić information content (AvgIpc) is 2.85. The summed E-state index contributed by atoms with van der Waals surface area (Å²) in [7, 11) is 0. The van der Waals surface area contributed by atoms with Gasteiger partial charge in [-0.25, -0.2) is 5.11 Å². The normalized spacial score (nSPS) is 10.9. The third-order valence-electron chi connectivity index (χ3n) is 6.97. The monoisotopic (exact) mass is 515 g/mol. The van der Waals surface area contributed by atoms with E-state index in [1.807, 2.05) is 0 Å². The van der Waals surface area contributed by atoms with Gasteiger partial charge in [-0.3, -0.25) is 4.79 Å². The Morgan fingerprint density at radius 3 is 0.857 bits per heavy atom. The molecule has 0 fully saturated rings. The highest BCUT2D eigenvalue weighted by atomic mass is 35.5. The molecule has 0 atom stereocenters. The van der Waals surface area contributed by atoms with E-state index in [2.05, 4.69) is 13.8 Å². The van der Waals surface area contributed by atoms with Crippen molar-refractivity contribution in [1.82, 2.24) is 0 Å². The maximum Gasteiger partial charge on any atom is 0.221 e. The molecule has 0 unspecified atom stereocenters. The molecule has 1 radical (unpaired) electrons. The zero-order chi connectivity index (χ0) is 26.1. The molecule has 0 saturated heterocycles. The third kappa shape index (κ3) is 41.3. The standard InChI is InChI=1S/C16H31ClO.C16H33O/c1-2-3-4-5-6-7-8-9-10-11-12-13-14-15-16(17)18;1-2-3-4-5-6-7-8-9-10-11-12-13-14-15-16-17/h2-15H2,1H3;2-16H2,1H3. The van der Waals surface area contributed by atoms with Crippen molar-refractivity contribution in [2.75, 3.05) is 6.61 Å². The van der Waals surface area contributed by atoms with Gasteiger partial charge in [0.2, 0.25) is 5.24 Å². The Labute approximate surface area is 226 Å². The summed E-state index contributed by atoms with van der Waals surface area (Å²) in [6.07, 6.45) is 36.8. The molecule has 0 aliphatic rings. The van der Waals surface area contributed by atoms with E-state index in [9.17, 15) is 9.90 Å². The first-order valence-corrected chi connectivity index (χ1v) is 16.3. The molecule has 0 rings (SSSR count). The van der Waals surface area contributed by atoms with Crippen LogP contribution in [-0.4, -0.2) is 11.8 Å². The number of carbonyl (C=O) groups is 1. The Hall–Kier alpha value is -0.0800. The van der Waals surface area contributed by atoms with Crippen LogP contribution in [0, 0.1) is 0 Å². The van der Waals surface area contributed by atoms with E-state index in [0.29, 0.717) is 6.42 Å². The topological polar surface area (TPSA) is 37.0 Å². The minimum atomic E-state index is -0.182. The molecule has 0 heterocycles. The quantitative estimate of drug-likeness (QED) is 0.0753. The van der Waals surface area contributed by atoms with Gasteiger partial charge < -0.3 is 0 Å². The second-order valence-corrected chi connectivity index (χ2v) is 11.1. The summed E-state index contributed by atoms with van der Waals surface area (Å²) in [5.41, 5.74) is 0. The van der Waals surface area contributed by atoms with Crippen LogP contribution >= 0.6 is 11.6 Å². The Kier molecular flexibility index (Phi) is 38.2. The fraction of sp³-hybridized carbons (Fsp3) is 0.969. The van der Waals surface area contributed by atoms with Crippen molar-refractivity contribution in [3.63, 3.8) is 0 Å². The van der Waals surface area contributed by atoms with Crippen LogP contribution in [0.3, 0.4) is 0 Å². The second kappa shape index (κ2) is 36.1. The predicted octanol–water partition coefficient (Wildman–Crippen LogP) is 12.1. The van der Waals surface area contributed by atoms with Crippen LogP contribution in [0.4, 0.5) is 0 Å². The van der Waals surface area contributed by atoms with Gasteiger partial charge in [-0.2, -0.15) is 0 Å². The molecular formula is C32H64ClO2. The van der Waals surface area contributed by atoms with Crippen LogP contribution in [0.15, 0.2) is 0 Å². The maximum absolute atomic E-state index is 10.5. The van der Waals surface area contributed by atoms with Crippen molar-refractivity contribution in [2.24, 2.45) is 0 Å². The van der Waals surface area contributed by atoms with Crippen molar-refractivity contribution >= 4 is 16.8 Å². The van der Waals surface area contributed by atoms with E-state index in [1.165, 1.54) is 148 Å². The zero-order valence-corrected chi connectivity index (χ0v) is 25.0. The first-order chi connectivity index (χ1) is 17.2. The molecule has 0 aromatic heterocycles. The van der Waals surface area contributed by atoms with E-state index < -0.39 is 0 Å². The largest absolute Gasteiger partial charge is 0.281 e. The van der Waals surface area contributed by atoms with Gasteiger partial charge >= 0.3 is 0 Å². The first kappa shape index (κ1) is 37.1. The lowest BCUT2D eigenvalue weighted by Crippen LogP contribution is -1.86. The van der Waals surface area contributed by atoms with Gasteiger partial charge in [0.05, 0.1) is 6.61 Å². The fourth-order valence-electron chi connectivity index (χ4n) is 4.58. The van der Waals surface area contributed by atoms with Crippen LogP contribution in [0.1, 0.15) is 194 Å². The van der Waals surface area contributed by atoms with Crippen LogP contribution in [0.2, 0.25) is 0 Å². The van der Waals surface area contributed by atoms with Crippen LogP contribution in [-0.2, 0) is 9.90 Å². The molecule has 0 N–H and O–H groups in total. The van der Waals surface area contributed by atoms with Gasteiger partial charge in [0.25, 0.3) is 0 Å². The van der Waals surface area contributed by atoms with Gasteiger partial charge in [-0.1, -0.05) is 174 Å². The summed E-state index contributed by atoms with van der Waals surface area (Å²) < 4.78 is 0. The minimum Gasteiger partial charge on any atom is -0.281 e. The predicted molar refractivity (Wildman–Crippen MR) is 157 cm³/mol. The number of unbranched alkanes of at least 4 members (excludes halogenated alkanes) is 25. The summed E-state index contributed by atoms with van der Waals surface area (Å²) in [5, 5.41) is 10.0. The van der Waals surface area contributed by atoms with E-state index in [-0.39, 0.29) is 11.8 Å². The second-order valence-electron chi connectivity index (χ2n) is 10.6. The Morgan fingerprint density at radius 2 is 0.629 bits per heavy atom. The molecular weight excluding hydrogens is 452 g/mol. The lowest BCUT2D eigenvalue weighted by molar-refractivity contribution is -0.111. The number of rotatable bonds is 28. The molecule has 0 aliphatic carbocycles. The molecule has 0 aliphatic heterocycles. The lowest BCUT2D eigenvalue weighted by Gasteiger charge is -2.02. The van der Waals surface area contributed by atoms with Crippen LogP contribution < -0.4 is 0 Å². The molecule has 2 nitrogen and oxygen atoms in total. The van der Waals surface area contributed by atoms with Crippen molar-refractivity contribution in [1.29, 1.82) is 0 Å².